The average Bonchev–Trinajstić information content (AvgIpc) is 2.75. The van der Waals surface area contributed by atoms with E-state index in [1.807, 2.05) is 24.3 Å². The number of hydrogen-bond donors (Lipinski definition) is 2. The summed E-state index contributed by atoms with van der Waals surface area (Å²) in [7, 11) is 0. The van der Waals surface area contributed by atoms with Crippen molar-refractivity contribution in [3.8, 4) is 0 Å². The molecule has 0 spiro atoms. The van der Waals surface area contributed by atoms with E-state index in [0.29, 0.717) is 6.42 Å². The molecule has 0 bridgehead atoms. The molecule has 0 aromatic heterocycles. The molecule has 2 aromatic carbocycles. The zero-order valence-electron chi connectivity index (χ0n) is 10.7. The Balaban J connectivity index is 1.83. The van der Waals surface area contributed by atoms with E-state index in [9.17, 15) is 14.3 Å². The molecule has 2 aromatic rings. The molecule has 3 rings (SSSR count). The van der Waals surface area contributed by atoms with E-state index in [1.165, 1.54) is 18.2 Å². The maximum absolute atomic E-state index is 13.1. The van der Waals surface area contributed by atoms with Crippen LogP contribution in [0.4, 0.5) is 4.39 Å². The second-order valence-electron chi connectivity index (χ2n) is 4.93. The highest BCUT2D eigenvalue weighted by Gasteiger charge is 2.31. The van der Waals surface area contributed by atoms with Crippen molar-refractivity contribution >= 4 is 5.91 Å². The first-order chi connectivity index (χ1) is 9.65. The monoisotopic (exact) mass is 271 g/mol. The summed E-state index contributed by atoms with van der Waals surface area (Å²) in [6, 6.07) is 12.7. The molecule has 0 fully saturated rings. The third-order valence-corrected chi connectivity index (χ3v) is 3.58. The Morgan fingerprint density at radius 1 is 1.20 bits per heavy atom. The van der Waals surface area contributed by atoms with E-state index in [0.717, 1.165) is 11.1 Å². The molecular weight excluding hydrogens is 257 g/mol. The van der Waals surface area contributed by atoms with E-state index < -0.39 is 18.0 Å². The summed E-state index contributed by atoms with van der Waals surface area (Å²) in [4.78, 5) is 12.1. The average molecular weight is 271 g/mol. The van der Waals surface area contributed by atoms with E-state index in [2.05, 4.69) is 5.32 Å². The fraction of sp³-hybridized carbons (Fsp3) is 0.188. The van der Waals surface area contributed by atoms with Gasteiger partial charge in [0.15, 0.2) is 0 Å². The normalized spacial score (nSPS) is 20.5. The fourth-order valence-corrected chi connectivity index (χ4v) is 2.60. The molecule has 0 aliphatic heterocycles. The summed E-state index contributed by atoms with van der Waals surface area (Å²) in [6.45, 7) is 0. The van der Waals surface area contributed by atoms with Gasteiger partial charge in [0.05, 0.1) is 12.1 Å². The number of aliphatic hydroxyl groups is 1. The van der Waals surface area contributed by atoms with E-state index in [1.54, 1.807) is 6.07 Å². The van der Waals surface area contributed by atoms with Gasteiger partial charge >= 0.3 is 0 Å². The number of benzene rings is 2. The quantitative estimate of drug-likeness (QED) is 0.880. The van der Waals surface area contributed by atoms with Gasteiger partial charge in [-0.1, -0.05) is 30.3 Å². The summed E-state index contributed by atoms with van der Waals surface area (Å²) in [5.74, 6) is -0.838. The van der Waals surface area contributed by atoms with Gasteiger partial charge in [0.1, 0.15) is 5.82 Å². The van der Waals surface area contributed by atoms with E-state index >= 15 is 0 Å². The maximum atomic E-state index is 13.1. The van der Waals surface area contributed by atoms with Gasteiger partial charge in [-0.05, 0) is 29.3 Å². The minimum absolute atomic E-state index is 0.251. The van der Waals surface area contributed by atoms with Gasteiger partial charge in [-0.15, -0.1) is 0 Å². The lowest BCUT2D eigenvalue weighted by molar-refractivity contribution is 0.0858. The van der Waals surface area contributed by atoms with Crippen LogP contribution in [0, 0.1) is 5.82 Å². The first-order valence-corrected chi connectivity index (χ1v) is 6.47. The second-order valence-corrected chi connectivity index (χ2v) is 4.93. The molecule has 1 aliphatic carbocycles. The first kappa shape index (κ1) is 12.8. The maximum Gasteiger partial charge on any atom is 0.251 e. The van der Waals surface area contributed by atoms with Gasteiger partial charge in [0, 0.05) is 12.0 Å². The zero-order valence-corrected chi connectivity index (χ0v) is 10.7. The third kappa shape index (κ3) is 2.30. The molecule has 20 heavy (non-hydrogen) atoms. The van der Waals surface area contributed by atoms with Crippen molar-refractivity contribution < 1.29 is 14.3 Å². The largest absolute Gasteiger partial charge is 0.390 e. The van der Waals surface area contributed by atoms with E-state index in [4.69, 9.17) is 0 Å². The highest BCUT2D eigenvalue weighted by Crippen LogP contribution is 2.31. The molecule has 3 nitrogen and oxygen atoms in total. The Bertz CT molecular complexity index is 656. The Morgan fingerprint density at radius 2 is 2.00 bits per heavy atom. The number of aliphatic hydroxyl groups excluding tert-OH is 1. The number of halogens is 1. The van der Waals surface area contributed by atoms with Gasteiger partial charge in [-0.2, -0.15) is 0 Å². The molecule has 102 valence electrons. The fourth-order valence-electron chi connectivity index (χ4n) is 2.60. The first-order valence-electron chi connectivity index (χ1n) is 6.47. The van der Waals surface area contributed by atoms with Crippen LogP contribution in [0.15, 0.2) is 48.5 Å². The zero-order chi connectivity index (χ0) is 14.1. The molecule has 2 N–H and O–H groups in total. The molecule has 0 radical (unpaired) electrons. The van der Waals surface area contributed by atoms with Crippen molar-refractivity contribution in [3.05, 3.63) is 71.0 Å². The summed E-state index contributed by atoms with van der Waals surface area (Å²) in [5, 5.41) is 12.8. The van der Waals surface area contributed by atoms with Crippen LogP contribution in [0.25, 0.3) is 0 Å². The molecule has 4 heteroatoms. The Morgan fingerprint density at radius 3 is 2.80 bits per heavy atom. The topological polar surface area (TPSA) is 49.3 Å². The molecule has 0 unspecified atom stereocenters. The molecule has 0 saturated heterocycles. The molecule has 0 heterocycles. The highest BCUT2D eigenvalue weighted by molar-refractivity contribution is 5.94. The number of hydrogen-bond acceptors (Lipinski definition) is 2. The van der Waals surface area contributed by atoms with Crippen molar-refractivity contribution in [1.29, 1.82) is 0 Å². The summed E-state index contributed by atoms with van der Waals surface area (Å²) >= 11 is 0. The predicted molar refractivity (Wildman–Crippen MR) is 72.8 cm³/mol. The van der Waals surface area contributed by atoms with Gasteiger partial charge < -0.3 is 10.4 Å². The summed E-state index contributed by atoms with van der Waals surface area (Å²) < 4.78 is 13.1. The Kier molecular flexibility index (Phi) is 3.24. The number of carbonyl (C=O) groups excluding carboxylic acids is 1. The number of carbonyl (C=O) groups is 1. The highest BCUT2D eigenvalue weighted by atomic mass is 19.1. The van der Waals surface area contributed by atoms with Crippen molar-refractivity contribution in [1.82, 2.24) is 5.32 Å². The van der Waals surface area contributed by atoms with Gasteiger partial charge in [0.2, 0.25) is 0 Å². The molecule has 0 saturated carbocycles. The number of fused-ring (bicyclic) bond motifs is 1. The Hall–Kier alpha value is -2.20. The van der Waals surface area contributed by atoms with Crippen LogP contribution in [-0.4, -0.2) is 17.1 Å². The van der Waals surface area contributed by atoms with Crippen molar-refractivity contribution in [3.63, 3.8) is 0 Å². The van der Waals surface area contributed by atoms with Gasteiger partial charge in [-0.3, -0.25) is 4.79 Å². The summed E-state index contributed by atoms with van der Waals surface area (Å²) in [6.07, 6.45) is -0.130. The molecule has 1 aliphatic rings. The van der Waals surface area contributed by atoms with Crippen LogP contribution in [0.5, 0.6) is 0 Å². The SMILES string of the molecule is O=C(N[C@H]1c2ccccc2C[C@H]1O)c1cccc(F)c1. The van der Waals surface area contributed by atoms with E-state index in [-0.39, 0.29) is 11.5 Å². The van der Waals surface area contributed by atoms with Crippen molar-refractivity contribution in [2.24, 2.45) is 0 Å². The number of amides is 1. The van der Waals surface area contributed by atoms with Crippen molar-refractivity contribution in [2.45, 2.75) is 18.6 Å². The van der Waals surface area contributed by atoms with Gasteiger partial charge in [-0.25, -0.2) is 4.39 Å². The van der Waals surface area contributed by atoms with Crippen LogP contribution in [0.1, 0.15) is 27.5 Å². The smallest absolute Gasteiger partial charge is 0.251 e. The number of rotatable bonds is 2. The summed E-state index contributed by atoms with van der Waals surface area (Å²) in [5.41, 5.74) is 2.20. The molecule has 1 amide bonds. The Labute approximate surface area is 116 Å². The third-order valence-electron chi connectivity index (χ3n) is 3.58. The van der Waals surface area contributed by atoms with Crippen LogP contribution in [0.3, 0.4) is 0 Å². The lowest BCUT2D eigenvalue weighted by atomic mass is 10.1. The minimum atomic E-state index is -0.648. The minimum Gasteiger partial charge on any atom is -0.390 e. The van der Waals surface area contributed by atoms with Crippen LogP contribution < -0.4 is 5.32 Å². The second kappa shape index (κ2) is 5.06. The van der Waals surface area contributed by atoms with Crippen LogP contribution in [0.2, 0.25) is 0 Å². The van der Waals surface area contributed by atoms with Gasteiger partial charge in [0.25, 0.3) is 5.91 Å². The number of nitrogens with one attached hydrogen (secondary N) is 1. The lowest BCUT2D eigenvalue weighted by Gasteiger charge is -2.18. The molecule has 2 atom stereocenters. The lowest BCUT2D eigenvalue weighted by Crippen LogP contribution is -2.33. The van der Waals surface area contributed by atoms with Crippen molar-refractivity contribution in [2.75, 3.05) is 0 Å². The molecular formula is C16H14FNO2. The standard InChI is InChI=1S/C16H14FNO2/c17-12-6-3-5-11(8-12)16(20)18-15-13-7-2-1-4-10(13)9-14(15)19/h1-8,14-15,19H,9H2,(H,18,20)/t14-,15+/m1/s1. The predicted octanol–water partition coefficient (Wildman–Crippen LogP) is 2.21. The van der Waals surface area contributed by atoms with Crippen LogP contribution in [-0.2, 0) is 6.42 Å². The van der Waals surface area contributed by atoms with Crippen LogP contribution >= 0.6 is 0 Å².